The van der Waals surface area contributed by atoms with Crippen molar-refractivity contribution in [3.05, 3.63) is 95.8 Å². The summed E-state index contributed by atoms with van der Waals surface area (Å²) in [6.45, 7) is 4.94. The van der Waals surface area contributed by atoms with Gasteiger partial charge in [0, 0.05) is 25.2 Å². The molecule has 0 fully saturated rings. The fraction of sp³-hybridized carbons (Fsp3) is 0.208. The first kappa shape index (κ1) is 20.6. The Balaban J connectivity index is 1.51. The van der Waals surface area contributed by atoms with Crippen LogP contribution >= 0.6 is 0 Å². The third-order valence-electron chi connectivity index (χ3n) is 4.55. The third-order valence-corrected chi connectivity index (χ3v) is 4.55. The summed E-state index contributed by atoms with van der Waals surface area (Å²) in [7, 11) is 0. The molecule has 3 aromatic rings. The number of rotatable bonds is 9. The monoisotopic (exact) mass is 392 g/mol. The molecule has 0 spiro atoms. The molecule has 0 heterocycles. The standard InChI is InChI=1S/C24H25FN2O2/c1-2-27(16-15-26-24(28)20-11-13-21(25)14-12-20)18-19-7-6-10-23(17-19)29-22-8-4-3-5-9-22/h3-14,17H,2,15-16,18H2,1H3,(H,26,28). The van der Waals surface area contributed by atoms with Crippen LogP contribution in [0.4, 0.5) is 4.39 Å². The average Bonchev–Trinajstić information content (AvgIpc) is 2.74. The summed E-state index contributed by atoms with van der Waals surface area (Å²) in [4.78, 5) is 14.4. The molecule has 0 radical (unpaired) electrons. The normalized spacial score (nSPS) is 10.7. The quantitative estimate of drug-likeness (QED) is 0.565. The number of carbonyl (C=O) groups excluding carboxylic acids is 1. The fourth-order valence-electron chi connectivity index (χ4n) is 2.97. The SMILES string of the molecule is CCN(CCNC(=O)c1ccc(F)cc1)Cc1cccc(Oc2ccccc2)c1. The van der Waals surface area contributed by atoms with Gasteiger partial charge in [-0.25, -0.2) is 4.39 Å². The van der Waals surface area contributed by atoms with Crippen LogP contribution in [-0.4, -0.2) is 30.4 Å². The largest absolute Gasteiger partial charge is 0.457 e. The number of ether oxygens (including phenoxy) is 1. The summed E-state index contributed by atoms with van der Waals surface area (Å²) in [6.07, 6.45) is 0. The number of nitrogens with one attached hydrogen (secondary N) is 1. The van der Waals surface area contributed by atoms with Gasteiger partial charge < -0.3 is 10.1 Å². The molecule has 0 aromatic heterocycles. The Labute approximate surface area is 170 Å². The average molecular weight is 392 g/mol. The van der Waals surface area contributed by atoms with E-state index < -0.39 is 0 Å². The molecule has 0 atom stereocenters. The zero-order valence-electron chi connectivity index (χ0n) is 16.5. The van der Waals surface area contributed by atoms with Crippen molar-refractivity contribution >= 4 is 5.91 Å². The van der Waals surface area contributed by atoms with Crippen molar-refractivity contribution in [2.75, 3.05) is 19.6 Å². The molecule has 150 valence electrons. The topological polar surface area (TPSA) is 41.6 Å². The molecule has 29 heavy (non-hydrogen) atoms. The van der Waals surface area contributed by atoms with Crippen LogP contribution in [0.5, 0.6) is 11.5 Å². The lowest BCUT2D eigenvalue weighted by molar-refractivity contribution is 0.0948. The molecule has 0 saturated heterocycles. The summed E-state index contributed by atoms with van der Waals surface area (Å²) < 4.78 is 18.9. The molecule has 0 unspecified atom stereocenters. The highest BCUT2D eigenvalue weighted by atomic mass is 19.1. The zero-order valence-corrected chi connectivity index (χ0v) is 16.5. The maximum Gasteiger partial charge on any atom is 0.251 e. The summed E-state index contributed by atoms with van der Waals surface area (Å²) >= 11 is 0. The van der Waals surface area contributed by atoms with Crippen molar-refractivity contribution < 1.29 is 13.9 Å². The second kappa shape index (κ2) is 10.4. The van der Waals surface area contributed by atoms with Crippen LogP contribution in [0.3, 0.4) is 0 Å². The minimum atomic E-state index is -0.350. The van der Waals surface area contributed by atoms with E-state index in [1.165, 1.54) is 24.3 Å². The molecule has 3 rings (SSSR count). The molecule has 5 heteroatoms. The Morgan fingerprint density at radius 1 is 0.966 bits per heavy atom. The molecular formula is C24H25FN2O2. The molecule has 1 N–H and O–H groups in total. The molecule has 0 aliphatic rings. The van der Waals surface area contributed by atoms with Crippen LogP contribution in [0.15, 0.2) is 78.9 Å². The van der Waals surface area contributed by atoms with E-state index in [4.69, 9.17) is 4.74 Å². The minimum Gasteiger partial charge on any atom is -0.457 e. The Hall–Kier alpha value is -3.18. The summed E-state index contributed by atoms with van der Waals surface area (Å²) in [5.41, 5.74) is 1.60. The highest BCUT2D eigenvalue weighted by Crippen LogP contribution is 2.22. The molecule has 0 bridgehead atoms. The fourth-order valence-corrected chi connectivity index (χ4v) is 2.97. The van der Waals surface area contributed by atoms with Crippen LogP contribution in [0.1, 0.15) is 22.8 Å². The smallest absolute Gasteiger partial charge is 0.251 e. The van der Waals surface area contributed by atoms with Crippen molar-refractivity contribution in [3.63, 3.8) is 0 Å². The van der Waals surface area contributed by atoms with E-state index in [9.17, 15) is 9.18 Å². The number of halogens is 1. The second-order valence-corrected chi connectivity index (χ2v) is 6.69. The van der Waals surface area contributed by atoms with Crippen molar-refractivity contribution in [2.24, 2.45) is 0 Å². The first-order valence-corrected chi connectivity index (χ1v) is 9.72. The van der Waals surface area contributed by atoms with Gasteiger partial charge in [0.15, 0.2) is 0 Å². The van der Waals surface area contributed by atoms with E-state index >= 15 is 0 Å². The zero-order chi connectivity index (χ0) is 20.5. The van der Waals surface area contributed by atoms with Crippen molar-refractivity contribution in [3.8, 4) is 11.5 Å². The second-order valence-electron chi connectivity index (χ2n) is 6.69. The molecule has 0 aliphatic carbocycles. The van der Waals surface area contributed by atoms with Gasteiger partial charge in [-0.2, -0.15) is 0 Å². The van der Waals surface area contributed by atoms with Crippen molar-refractivity contribution in [1.29, 1.82) is 0 Å². The number of hydrogen-bond acceptors (Lipinski definition) is 3. The maximum atomic E-state index is 13.0. The van der Waals surface area contributed by atoms with Gasteiger partial charge in [0.25, 0.3) is 5.91 Å². The van der Waals surface area contributed by atoms with E-state index in [1.54, 1.807) is 0 Å². The predicted molar refractivity (Wildman–Crippen MR) is 113 cm³/mol. The van der Waals surface area contributed by atoms with Gasteiger partial charge in [-0.3, -0.25) is 9.69 Å². The Morgan fingerprint density at radius 3 is 2.41 bits per heavy atom. The Bertz CT molecular complexity index is 914. The van der Waals surface area contributed by atoms with Gasteiger partial charge >= 0.3 is 0 Å². The third kappa shape index (κ3) is 6.43. The molecular weight excluding hydrogens is 367 g/mol. The van der Waals surface area contributed by atoms with E-state index in [0.29, 0.717) is 18.7 Å². The maximum absolute atomic E-state index is 13.0. The molecule has 0 saturated carbocycles. The highest BCUT2D eigenvalue weighted by Gasteiger charge is 2.08. The lowest BCUT2D eigenvalue weighted by Gasteiger charge is -2.21. The van der Waals surface area contributed by atoms with Crippen LogP contribution in [0, 0.1) is 5.82 Å². The van der Waals surface area contributed by atoms with Gasteiger partial charge in [-0.1, -0.05) is 37.3 Å². The van der Waals surface area contributed by atoms with Gasteiger partial charge in [-0.15, -0.1) is 0 Å². The minimum absolute atomic E-state index is 0.195. The molecule has 0 aliphatic heterocycles. The summed E-state index contributed by atoms with van der Waals surface area (Å²) in [5, 5.41) is 2.89. The van der Waals surface area contributed by atoms with Gasteiger partial charge in [-0.05, 0) is 60.6 Å². The van der Waals surface area contributed by atoms with E-state index in [0.717, 1.165) is 30.2 Å². The molecule has 1 amide bonds. The summed E-state index contributed by atoms with van der Waals surface area (Å²) in [5.74, 6) is 1.06. The number of hydrogen-bond donors (Lipinski definition) is 1. The van der Waals surface area contributed by atoms with Crippen LogP contribution < -0.4 is 10.1 Å². The molecule has 4 nitrogen and oxygen atoms in total. The van der Waals surface area contributed by atoms with Gasteiger partial charge in [0.05, 0.1) is 0 Å². The first-order chi connectivity index (χ1) is 14.1. The number of nitrogens with zero attached hydrogens (tertiary/aromatic N) is 1. The van der Waals surface area contributed by atoms with Gasteiger partial charge in [0.1, 0.15) is 17.3 Å². The number of amides is 1. The van der Waals surface area contributed by atoms with Crippen molar-refractivity contribution in [1.82, 2.24) is 10.2 Å². The van der Waals surface area contributed by atoms with Gasteiger partial charge in [0.2, 0.25) is 0 Å². The number of para-hydroxylation sites is 1. The van der Waals surface area contributed by atoms with Crippen molar-refractivity contribution in [2.45, 2.75) is 13.5 Å². The van der Waals surface area contributed by atoms with Crippen LogP contribution in [0.25, 0.3) is 0 Å². The lowest BCUT2D eigenvalue weighted by atomic mass is 10.2. The number of carbonyl (C=O) groups is 1. The number of likely N-dealkylation sites (N-methyl/N-ethyl adjacent to an activating group) is 1. The molecule has 3 aromatic carbocycles. The van der Waals surface area contributed by atoms with Crippen LogP contribution in [0.2, 0.25) is 0 Å². The van der Waals surface area contributed by atoms with Crippen LogP contribution in [-0.2, 0) is 6.54 Å². The summed E-state index contributed by atoms with van der Waals surface area (Å²) in [6, 6.07) is 23.3. The van der Waals surface area contributed by atoms with E-state index in [-0.39, 0.29) is 11.7 Å². The van der Waals surface area contributed by atoms with E-state index in [2.05, 4.69) is 23.2 Å². The Morgan fingerprint density at radius 2 is 1.69 bits per heavy atom. The lowest BCUT2D eigenvalue weighted by Crippen LogP contribution is -2.34. The Kier molecular flexibility index (Phi) is 7.36. The highest BCUT2D eigenvalue weighted by molar-refractivity contribution is 5.94. The predicted octanol–water partition coefficient (Wildman–Crippen LogP) is 4.87. The first-order valence-electron chi connectivity index (χ1n) is 9.72. The number of benzene rings is 3. The van der Waals surface area contributed by atoms with E-state index in [1.807, 2.05) is 48.5 Å².